The summed E-state index contributed by atoms with van der Waals surface area (Å²) in [6.07, 6.45) is 1.68. The Morgan fingerprint density at radius 2 is 1.88 bits per heavy atom. The maximum atomic E-state index is 13.0. The van der Waals surface area contributed by atoms with Gasteiger partial charge in [-0.2, -0.15) is 0 Å². The van der Waals surface area contributed by atoms with Gasteiger partial charge in [-0.1, -0.05) is 42.5 Å². The number of nitro benzene ring substituents is 1. The average Bonchev–Trinajstić information content (AvgIpc) is 3.06. The molecule has 2 aromatic rings. The minimum absolute atomic E-state index is 0.0312. The molecule has 0 bridgehead atoms. The number of carbonyl (C=O) groups is 1. The maximum Gasteiger partial charge on any atom is 0.330 e. The van der Waals surface area contributed by atoms with Gasteiger partial charge in [0.15, 0.2) is 0 Å². The molecule has 3 atom stereocenters. The van der Waals surface area contributed by atoms with Crippen molar-refractivity contribution in [3.05, 3.63) is 75.8 Å². The molecule has 9 heteroatoms. The molecule has 2 aromatic carbocycles. The summed E-state index contributed by atoms with van der Waals surface area (Å²) in [6, 6.07) is 15.3. The molecule has 0 N–H and O–H groups in total. The molecule has 166 valence electrons. The Labute approximate surface area is 196 Å². The van der Waals surface area contributed by atoms with Gasteiger partial charge >= 0.3 is 5.97 Å². The fourth-order valence-electron chi connectivity index (χ4n) is 4.00. The van der Waals surface area contributed by atoms with E-state index in [1.807, 2.05) is 56.0 Å². The topological polar surface area (TPSA) is 85.0 Å². The van der Waals surface area contributed by atoms with Crippen molar-refractivity contribution in [3.8, 4) is 0 Å². The molecule has 0 amide bonds. The average molecular weight is 470 g/mol. The zero-order chi connectivity index (χ0) is 23.1. The van der Waals surface area contributed by atoms with Crippen LogP contribution in [0.1, 0.15) is 31.9 Å². The molecule has 2 heterocycles. The summed E-state index contributed by atoms with van der Waals surface area (Å²) in [5.74, 6) is -0.294. The predicted molar refractivity (Wildman–Crippen MR) is 129 cm³/mol. The highest BCUT2D eigenvalue weighted by Gasteiger charge is 2.67. The molecule has 2 aliphatic heterocycles. The van der Waals surface area contributed by atoms with Gasteiger partial charge in [-0.05, 0) is 44.0 Å². The quantitative estimate of drug-likeness (QED) is 0.204. The number of nitro groups is 1. The molecule has 32 heavy (non-hydrogen) atoms. The SMILES string of the molecule is CC1(C)S[C@H]2N(C(=S)[C@]2(C)N=Cc2ccc([N+](=O)[O-])cc2)[C@H]1C(=O)OCc1ccccc1. The number of non-ortho nitro benzene ring substituents is 1. The number of fused-ring (bicyclic) bond motifs is 1. The monoisotopic (exact) mass is 469 g/mol. The van der Waals surface area contributed by atoms with Gasteiger partial charge in [0.1, 0.15) is 28.6 Å². The van der Waals surface area contributed by atoms with Crippen molar-refractivity contribution in [1.82, 2.24) is 4.90 Å². The molecular formula is C23H23N3O4S2. The van der Waals surface area contributed by atoms with Crippen molar-refractivity contribution in [3.63, 3.8) is 0 Å². The molecule has 0 aromatic heterocycles. The molecule has 4 rings (SSSR count). The van der Waals surface area contributed by atoms with Crippen LogP contribution in [0.5, 0.6) is 0 Å². The lowest BCUT2D eigenvalue weighted by molar-refractivity contribution is -0.384. The Hall–Kier alpha value is -2.78. The number of hydrogen-bond acceptors (Lipinski definition) is 7. The molecule has 0 spiro atoms. The Kier molecular flexibility index (Phi) is 5.81. The Morgan fingerprint density at radius 1 is 1.22 bits per heavy atom. The van der Waals surface area contributed by atoms with E-state index in [-0.39, 0.29) is 23.6 Å². The van der Waals surface area contributed by atoms with Crippen molar-refractivity contribution in [2.24, 2.45) is 4.99 Å². The number of aliphatic imine (C=N–C) groups is 1. The Balaban J connectivity index is 1.48. The fourth-order valence-corrected chi connectivity index (χ4v) is 6.18. The molecule has 0 saturated carbocycles. The molecule has 0 aliphatic carbocycles. The molecular weight excluding hydrogens is 446 g/mol. The zero-order valence-corrected chi connectivity index (χ0v) is 19.6. The van der Waals surface area contributed by atoms with Crippen molar-refractivity contribution in [2.45, 2.75) is 49.1 Å². The summed E-state index contributed by atoms with van der Waals surface area (Å²) >= 11 is 7.37. The molecule has 0 unspecified atom stereocenters. The minimum atomic E-state index is -0.645. The number of thiocarbonyl (C=S) groups is 1. The lowest BCUT2D eigenvalue weighted by Gasteiger charge is -2.52. The first kappa shape index (κ1) is 22.4. The van der Waals surface area contributed by atoms with Crippen LogP contribution in [-0.4, -0.2) is 48.7 Å². The number of ether oxygens (including phenoxy) is 1. The third-order valence-corrected chi connectivity index (χ3v) is 8.15. The molecule has 2 aliphatic rings. The van der Waals surface area contributed by atoms with Gasteiger partial charge in [0.2, 0.25) is 0 Å². The summed E-state index contributed by atoms with van der Waals surface area (Å²) in [7, 11) is 0. The van der Waals surface area contributed by atoms with Crippen LogP contribution < -0.4 is 0 Å². The fraction of sp³-hybridized carbons (Fsp3) is 0.348. The number of hydrogen-bond donors (Lipinski definition) is 0. The van der Waals surface area contributed by atoms with Crippen molar-refractivity contribution in [1.29, 1.82) is 0 Å². The van der Waals surface area contributed by atoms with Crippen LogP contribution in [0, 0.1) is 10.1 Å². The second kappa shape index (κ2) is 8.29. The van der Waals surface area contributed by atoms with Crippen molar-refractivity contribution < 1.29 is 14.5 Å². The third-order valence-electron chi connectivity index (χ3n) is 5.79. The van der Waals surface area contributed by atoms with Crippen LogP contribution in [0.2, 0.25) is 0 Å². The normalized spacial score (nSPS) is 26.0. The van der Waals surface area contributed by atoms with Crippen molar-refractivity contribution in [2.75, 3.05) is 0 Å². The van der Waals surface area contributed by atoms with E-state index in [4.69, 9.17) is 21.9 Å². The van der Waals surface area contributed by atoms with Crippen LogP contribution in [0.25, 0.3) is 0 Å². The summed E-state index contributed by atoms with van der Waals surface area (Å²) in [6.45, 7) is 6.22. The van der Waals surface area contributed by atoms with Crippen LogP contribution >= 0.6 is 24.0 Å². The molecule has 0 radical (unpaired) electrons. The Morgan fingerprint density at radius 3 is 2.50 bits per heavy atom. The van der Waals surface area contributed by atoms with E-state index in [0.717, 1.165) is 11.1 Å². The van der Waals surface area contributed by atoms with Crippen LogP contribution in [0.3, 0.4) is 0 Å². The van der Waals surface area contributed by atoms with Crippen LogP contribution in [0.4, 0.5) is 5.69 Å². The minimum Gasteiger partial charge on any atom is -0.459 e. The lowest BCUT2D eigenvalue weighted by Crippen LogP contribution is -2.70. The second-order valence-electron chi connectivity index (χ2n) is 8.54. The number of benzene rings is 2. The maximum absolute atomic E-state index is 13.0. The lowest BCUT2D eigenvalue weighted by atomic mass is 9.87. The highest BCUT2D eigenvalue weighted by Crippen LogP contribution is 2.56. The number of nitrogens with zero attached hydrogens (tertiary/aromatic N) is 3. The van der Waals surface area contributed by atoms with Gasteiger partial charge in [0, 0.05) is 23.1 Å². The van der Waals surface area contributed by atoms with E-state index in [1.165, 1.54) is 12.1 Å². The van der Waals surface area contributed by atoms with Gasteiger partial charge in [0.05, 0.1) is 4.92 Å². The highest BCUT2D eigenvalue weighted by molar-refractivity contribution is 8.02. The highest BCUT2D eigenvalue weighted by atomic mass is 32.2. The van der Waals surface area contributed by atoms with E-state index < -0.39 is 21.3 Å². The van der Waals surface area contributed by atoms with Gasteiger partial charge < -0.3 is 9.64 Å². The number of rotatable bonds is 6. The summed E-state index contributed by atoms with van der Waals surface area (Å²) in [5, 5.41) is 10.7. The largest absolute Gasteiger partial charge is 0.459 e. The number of esters is 1. The smallest absolute Gasteiger partial charge is 0.330 e. The van der Waals surface area contributed by atoms with E-state index in [2.05, 4.69) is 0 Å². The van der Waals surface area contributed by atoms with Crippen molar-refractivity contribution >= 4 is 46.8 Å². The van der Waals surface area contributed by atoms with E-state index >= 15 is 0 Å². The first-order valence-corrected chi connectivity index (χ1v) is 11.4. The first-order valence-electron chi connectivity index (χ1n) is 10.1. The molecule has 7 nitrogen and oxygen atoms in total. The zero-order valence-electron chi connectivity index (χ0n) is 17.9. The molecule has 2 saturated heterocycles. The summed E-state index contributed by atoms with van der Waals surface area (Å²) in [5.41, 5.74) is 1.07. The van der Waals surface area contributed by atoms with E-state index in [9.17, 15) is 14.9 Å². The van der Waals surface area contributed by atoms with Crippen LogP contribution in [0.15, 0.2) is 59.6 Å². The second-order valence-corrected chi connectivity index (χ2v) is 10.7. The standard InChI is InChI=1S/C23H23N3O4S2/c1-22(2)18(19(27)30-14-16-7-5-4-6-8-16)25-20(31)23(3,21(25)32-22)24-13-15-9-11-17(12-10-15)26(28)29/h4-13,18,21H,14H2,1-3H3/t18-,21+,23-/m0/s1. The Bertz CT molecular complexity index is 1090. The third kappa shape index (κ3) is 3.91. The van der Waals surface area contributed by atoms with E-state index in [0.29, 0.717) is 4.99 Å². The predicted octanol–water partition coefficient (Wildman–Crippen LogP) is 4.38. The summed E-state index contributed by atoms with van der Waals surface area (Å²) in [4.78, 5) is 30.7. The van der Waals surface area contributed by atoms with Crippen LogP contribution in [-0.2, 0) is 16.1 Å². The first-order chi connectivity index (χ1) is 15.1. The number of thioether (sulfide) groups is 1. The van der Waals surface area contributed by atoms with Gasteiger partial charge in [-0.25, -0.2) is 4.79 Å². The van der Waals surface area contributed by atoms with E-state index in [1.54, 1.807) is 30.1 Å². The molecule has 2 fully saturated rings. The van der Waals surface area contributed by atoms with Gasteiger partial charge in [-0.15, -0.1) is 11.8 Å². The summed E-state index contributed by atoms with van der Waals surface area (Å²) < 4.78 is 5.23. The van der Waals surface area contributed by atoms with Gasteiger partial charge in [0.25, 0.3) is 5.69 Å². The van der Waals surface area contributed by atoms with Gasteiger partial charge in [-0.3, -0.25) is 15.1 Å². The number of carbonyl (C=O) groups excluding carboxylic acids is 1.